The van der Waals surface area contributed by atoms with Crippen molar-refractivity contribution in [1.29, 1.82) is 0 Å². The summed E-state index contributed by atoms with van der Waals surface area (Å²) >= 11 is 5.09. The second-order valence-corrected chi connectivity index (χ2v) is 2.93. The standard InChI is InChI=1S/C6H12S/c7-6-4-2-1-3-5-6/h6-7H,1-5H2/p-1. The molecule has 0 aromatic carbocycles. The van der Waals surface area contributed by atoms with E-state index in [1.807, 2.05) is 0 Å². The van der Waals surface area contributed by atoms with Gasteiger partial charge in [-0.15, -0.1) is 0 Å². The maximum absolute atomic E-state index is 5.09. The van der Waals surface area contributed by atoms with Crippen molar-refractivity contribution in [2.24, 2.45) is 0 Å². The van der Waals surface area contributed by atoms with Crippen molar-refractivity contribution in [3.05, 3.63) is 0 Å². The lowest BCUT2D eigenvalue weighted by Crippen LogP contribution is -2.07. The smallest absolute Gasteiger partial charge is 0.0534 e. The summed E-state index contributed by atoms with van der Waals surface area (Å²) in [7, 11) is 0. The van der Waals surface area contributed by atoms with Crippen LogP contribution in [0.25, 0.3) is 0 Å². The molecule has 1 aliphatic carbocycles. The van der Waals surface area contributed by atoms with Crippen LogP contribution in [0.2, 0.25) is 0 Å². The molecule has 0 bridgehead atoms. The van der Waals surface area contributed by atoms with Crippen LogP contribution in [-0.2, 0) is 12.6 Å². The van der Waals surface area contributed by atoms with Crippen LogP contribution in [0.4, 0.5) is 0 Å². The molecule has 0 unspecified atom stereocenters. The number of hydrogen-bond donors (Lipinski definition) is 0. The molecule has 0 heterocycles. The molecule has 1 saturated carbocycles. The van der Waals surface area contributed by atoms with Gasteiger partial charge in [0.2, 0.25) is 0 Å². The van der Waals surface area contributed by atoms with Gasteiger partial charge in [-0.2, -0.15) is 5.25 Å². The van der Waals surface area contributed by atoms with Crippen molar-refractivity contribution in [2.75, 3.05) is 0 Å². The molecule has 1 aliphatic rings. The maximum Gasteiger partial charge on any atom is -0.0534 e. The first-order valence-electron chi connectivity index (χ1n) is 3.05. The molecule has 7 heavy (non-hydrogen) atoms. The summed E-state index contributed by atoms with van der Waals surface area (Å²) in [5.74, 6) is 0. The molecule has 0 saturated heterocycles. The molecule has 0 radical (unpaired) electrons. The highest BCUT2D eigenvalue weighted by Crippen LogP contribution is 2.17. The minimum absolute atomic E-state index is 0.619. The van der Waals surface area contributed by atoms with Gasteiger partial charge in [0.25, 0.3) is 0 Å². The lowest BCUT2D eigenvalue weighted by Gasteiger charge is -2.26. The summed E-state index contributed by atoms with van der Waals surface area (Å²) < 4.78 is 0. The minimum atomic E-state index is 0.619. The first-order valence-corrected chi connectivity index (χ1v) is 3.52. The first-order chi connectivity index (χ1) is 3.39. The quantitative estimate of drug-likeness (QED) is 0.434. The zero-order chi connectivity index (χ0) is 5.11. The summed E-state index contributed by atoms with van der Waals surface area (Å²) in [5, 5.41) is 0.619. The van der Waals surface area contributed by atoms with Gasteiger partial charge < -0.3 is 12.6 Å². The van der Waals surface area contributed by atoms with Gasteiger partial charge in [0, 0.05) is 0 Å². The Bertz CT molecular complexity index is 46.1. The second kappa shape index (κ2) is 2.61. The average Bonchev–Trinajstić information content (AvgIpc) is 1.69. The average molecular weight is 115 g/mol. The Morgan fingerprint density at radius 1 is 1.00 bits per heavy atom. The van der Waals surface area contributed by atoms with Crippen molar-refractivity contribution >= 4 is 12.6 Å². The molecule has 1 heteroatoms. The van der Waals surface area contributed by atoms with E-state index in [0.717, 1.165) is 0 Å². The Kier molecular flexibility index (Phi) is 2.04. The van der Waals surface area contributed by atoms with Crippen molar-refractivity contribution < 1.29 is 0 Å². The third-order valence-electron chi connectivity index (χ3n) is 1.55. The van der Waals surface area contributed by atoms with Crippen molar-refractivity contribution in [3.63, 3.8) is 0 Å². The predicted octanol–water partition coefficient (Wildman–Crippen LogP) is 1.87. The molecular formula is C6H11S-. The fourth-order valence-electron chi connectivity index (χ4n) is 1.07. The third-order valence-corrected chi connectivity index (χ3v) is 2.02. The zero-order valence-corrected chi connectivity index (χ0v) is 5.34. The van der Waals surface area contributed by atoms with E-state index in [0.29, 0.717) is 5.25 Å². The molecule has 0 amide bonds. The molecule has 0 aliphatic heterocycles. The summed E-state index contributed by atoms with van der Waals surface area (Å²) in [6.07, 6.45) is 6.79. The van der Waals surface area contributed by atoms with Crippen LogP contribution in [0, 0.1) is 0 Å². The van der Waals surface area contributed by atoms with E-state index in [1.54, 1.807) is 0 Å². The second-order valence-electron chi connectivity index (χ2n) is 2.26. The normalized spacial score (nSPS) is 25.3. The van der Waals surface area contributed by atoms with Crippen LogP contribution >= 0.6 is 0 Å². The first kappa shape index (κ1) is 5.49. The molecule has 1 fully saturated rings. The molecular weight excluding hydrogens is 104 g/mol. The Hall–Kier alpha value is 0.350. The number of hydrogen-bond acceptors (Lipinski definition) is 1. The zero-order valence-electron chi connectivity index (χ0n) is 4.52. The summed E-state index contributed by atoms with van der Waals surface area (Å²) in [6.45, 7) is 0. The van der Waals surface area contributed by atoms with Crippen molar-refractivity contribution in [3.8, 4) is 0 Å². The van der Waals surface area contributed by atoms with Crippen LogP contribution in [0.5, 0.6) is 0 Å². The van der Waals surface area contributed by atoms with E-state index in [-0.39, 0.29) is 0 Å². The van der Waals surface area contributed by atoms with Crippen LogP contribution in [-0.4, -0.2) is 5.25 Å². The van der Waals surface area contributed by atoms with Crippen LogP contribution in [0.15, 0.2) is 0 Å². The molecule has 0 aromatic rings. The van der Waals surface area contributed by atoms with Gasteiger partial charge in [0.05, 0.1) is 0 Å². The van der Waals surface area contributed by atoms with E-state index in [9.17, 15) is 0 Å². The van der Waals surface area contributed by atoms with Crippen LogP contribution in [0.3, 0.4) is 0 Å². The topological polar surface area (TPSA) is 0 Å². The molecule has 0 N–H and O–H groups in total. The van der Waals surface area contributed by atoms with E-state index >= 15 is 0 Å². The summed E-state index contributed by atoms with van der Waals surface area (Å²) in [5.41, 5.74) is 0. The fraction of sp³-hybridized carbons (Fsp3) is 1.00. The number of rotatable bonds is 0. The van der Waals surface area contributed by atoms with E-state index in [2.05, 4.69) is 0 Å². The summed E-state index contributed by atoms with van der Waals surface area (Å²) in [6, 6.07) is 0. The highest BCUT2D eigenvalue weighted by molar-refractivity contribution is 7.59. The summed E-state index contributed by atoms with van der Waals surface area (Å²) in [4.78, 5) is 0. The van der Waals surface area contributed by atoms with Gasteiger partial charge in [-0.1, -0.05) is 32.1 Å². The van der Waals surface area contributed by atoms with Crippen molar-refractivity contribution in [2.45, 2.75) is 37.4 Å². The molecule has 0 spiro atoms. The van der Waals surface area contributed by atoms with Gasteiger partial charge in [-0.25, -0.2) is 0 Å². The molecule has 0 aromatic heterocycles. The lowest BCUT2D eigenvalue weighted by molar-refractivity contribution is 0.517. The molecule has 42 valence electrons. The van der Waals surface area contributed by atoms with Gasteiger partial charge >= 0.3 is 0 Å². The van der Waals surface area contributed by atoms with Gasteiger partial charge in [-0.05, 0) is 0 Å². The largest absolute Gasteiger partial charge is 0.789 e. The van der Waals surface area contributed by atoms with Crippen LogP contribution < -0.4 is 0 Å². The van der Waals surface area contributed by atoms with Gasteiger partial charge in [-0.3, -0.25) is 0 Å². The highest BCUT2D eigenvalue weighted by Gasteiger charge is 1.99. The third kappa shape index (κ3) is 1.72. The highest BCUT2D eigenvalue weighted by atomic mass is 32.1. The Morgan fingerprint density at radius 2 is 1.57 bits per heavy atom. The van der Waals surface area contributed by atoms with Gasteiger partial charge in [0.15, 0.2) is 0 Å². The maximum atomic E-state index is 5.09. The Balaban J connectivity index is 2.12. The molecule has 0 nitrogen and oxygen atoms in total. The Morgan fingerprint density at radius 3 is 1.86 bits per heavy atom. The van der Waals surface area contributed by atoms with E-state index in [4.69, 9.17) is 12.6 Å². The van der Waals surface area contributed by atoms with Crippen molar-refractivity contribution in [1.82, 2.24) is 0 Å². The predicted molar refractivity (Wildman–Crippen MR) is 34.2 cm³/mol. The lowest BCUT2D eigenvalue weighted by atomic mass is 10.0. The molecule has 0 atom stereocenters. The SMILES string of the molecule is [S-]C1CCCCC1. The molecule has 1 rings (SSSR count). The minimum Gasteiger partial charge on any atom is -0.789 e. The fourth-order valence-corrected chi connectivity index (χ4v) is 1.40. The van der Waals surface area contributed by atoms with Gasteiger partial charge in [0.1, 0.15) is 0 Å². The van der Waals surface area contributed by atoms with E-state index in [1.165, 1.54) is 32.1 Å². The Labute approximate surface area is 50.7 Å². The monoisotopic (exact) mass is 115 g/mol. The van der Waals surface area contributed by atoms with E-state index < -0.39 is 0 Å². The van der Waals surface area contributed by atoms with Crippen LogP contribution in [0.1, 0.15) is 32.1 Å².